The van der Waals surface area contributed by atoms with Gasteiger partial charge in [0.05, 0.1) is 18.8 Å². The van der Waals surface area contributed by atoms with Crippen LogP contribution in [-0.2, 0) is 19.1 Å². The average molecular weight is 687 g/mol. The second kappa shape index (κ2) is 35.1. The van der Waals surface area contributed by atoms with Crippen LogP contribution in [-0.4, -0.2) is 58.8 Å². The quantitative estimate of drug-likeness (QED) is 0.0280. The zero-order valence-electron chi connectivity index (χ0n) is 31.1. The molecule has 7 nitrogen and oxygen atoms in total. The van der Waals surface area contributed by atoms with E-state index in [9.17, 15) is 24.9 Å². The highest BCUT2D eigenvalue weighted by Crippen LogP contribution is 2.15. The fraction of sp³-hybridized carbons (Fsp3) is 0.667. The van der Waals surface area contributed by atoms with E-state index in [4.69, 9.17) is 9.47 Å². The molecular formula is C42H70O7. The molecule has 0 aromatic carbocycles. The summed E-state index contributed by atoms with van der Waals surface area (Å²) < 4.78 is 10.5. The number of hydrogen-bond donors (Lipinski definition) is 3. The van der Waals surface area contributed by atoms with Crippen LogP contribution in [0, 0.1) is 5.92 Å². The van der Waals surface area contributed by atoms with Crippen LogP contribution in [0.1, 0.15) is 143 Å². The van der Waals surface area contributed by atoms with Crippen molar-refractivity contribution >= 4 is 11.9 Å². The molecule has 0 amide bonds. The number of hydrogen-bond acceptors (Lipinski definition) is 7. The predicted molar refractivity (Wildman–Crippen MR) is 203 cm³/mol. The van der Waals surface area contributed by atoms with E-state index < -0.39 is 24.3 Å². The van der Waals surface area contributed by atoms with E-state index in [2.05, 4.69) is 20.8 Å². The third kappa shape index (κ3) is 33.5. The highest BCUT2D eigenvalue weighted by atomic mass is 16.6. The predicted octanol–water partition coefficient (Wildman–Crippen LogP) is 9.58. The van der Waals surface area contributed by atoms with Gasteiger partial charge in [-0.05, 0) is 44.4 Å². The molecule has 0 spiro atoms. The van der Waals surface area contributed by atoms with Gasteiger partial charge in [-0.25, -0.2) is 0 Å². The summed E-state index contributed by atoms with van der Waals surface area (Å²) in [4.78, 5) is 24.2. The van der Waals surface area contributed by atoms with Crippen molar-refractivity contribution < 1.29 is 34.4 Å². The van der Waals surface area contributed by atoms with Crippen LogP contribution in [0.2, 0.25) is 0 Å². The summed E-state index contributed by atoms with van der Waals surface area (Å²) in [5.41, 5.74) is 0. The van der Waals surface area contributed by atoms with Gasteiger partial charge in [-0.1, -0.05) is 164 Å². The summed E-state index contributed by atoms with van der Waals surface area (Å²) in [6, 6.07) is 0. The van der Waals surface area contributed by atoms with Crippen LogP contribution in [0.25, 0.3) is 0 Å². The Kier molecular flexibility index (Phi) is 33.1. The molecular weight excluding hydrogens is 616 g/mol. The minimum absolute atomic E-state index is 0.144. The molecule has 0 aromatic rings. The number of carbonyl (C=O) groups is 2. The number of esters is 2. The van der Waals surface area contributed by atoms with Crippen molar-refractivity contribution in [3.8, 4) is 0 Å². The van der Waals surface area contributed by atoms with Crippen molar-refractivity contribution in [1.29, 1.82) is 0 Å². The van der Waals surface area contributed by atoms with Crippen molar-refractivity contribution in [2.75, 3.05) is 13.2 Å². The molecule has 280 valence electrons. The average Bonchev–Trinajstić information content (AvgIpc) is 3.09. The number of rotatable bonds is 32. The number of aliphatic hydroxyl groups is 3. The number of unbranched alkanes of at least 4 members (excludes halogenated alkanes) is 9. The molecule has 0 rings (SSSR count). The molecule has 0 aliphatic carbocycles. The minimum atomic E-state index is -0.836. The molecule has 4 atom stereocenters. The Bertz CT molecular complexity index is 962. The lowest BCUT2D eigenvalue weighted by Crippen LogP contribution is -2.28. The van der Waals surface area contributed by atoms with Crippen LogP contribution in [0.15, 0.2) is 72.9 Å². The second-order valence-electron chi connectivity index (χ2n) is 12.9. The second-order valence-corrected chi connectivity index (χ2v) is 12.9. The van der Waals surface area contributed by atoms with Gasteiger partial charge in [0.2, 0.25) is 0 Å². The molecule has 0 bridgehead atoms. The monoisotopic (exact) mass is 687 g/mol. The van der Waals surface area contributed by atoms with Crippen LogP contribution in [0.5, 0.6) is 0 Å². The lowest BCUT2D eigenvalue weighted by atomic mass is 9.99. The zero-order valence-corrected chi connectivity index (χ0v) is 31.1. The van der Waals surface area contributed by atoms with E-state index in [1.165, 1.54) is 57.8 Å². The van der Waals surface area contributed by atoms with E-state index in [1.54, 1.807) is 24.3 Å². The third-order valence-corrected chi connectivity index (χ3v) is 8.23. The molecule has 0 saturated heterocycles. The van der Waals surface area contributed by atoms with E-state index in [1.807, 2.05) is 48.6 Å². The van der Waals surface area contributed by atoms with E-state index in [0.717, 1.165) is 31.6 Å². The van der Waals surface area contributed by atoms with Gasteiger partial charge in [0, 0.05) is 12.8 Å². The largest absolute Gasteiger partial charge is 0.462 e. The first-order valence-electron chi connectivity index (χ1n) is 19.1. The molecule has 0 fully saturated rings. The van der Waals surface area contributed by atoms with Crippen LogP contribution < -0.4 is 0 Å². The van der Waals surface area contributed by atoms with Crippen molar-refractivity contribution in [2.24, 2.45) is 5.92 Å². The number of carbonyl (C=O) groups excluding carboxylic acids is 2. The zero-order chi connectivity index (χ0) is 36.2. The highest BCUT2D eigenvalue weighted by Gasteiger charge is 2.16. The fourth-order valence-corrected chi connectivity index (χ4v) is 4.91. The Morgan fingerprint density at radius 2 is 1.20 bits per heavy atom. The topological polar surface area (TPSA) is 113 Å². The molecule has 1 unspecified atom stereocenters. The van der Waals surface area contributed by atoms with Gasteiger partial charge in [0.1, 0.15) is 6.61 Å². The Labute approximate surface area is 298 Å². The van der Waals surface area contributed by atoms with Gasteiger partial charge in [0.25, 0.3) is 0 Å². The van der Waals surface area contributed by atoms with Crippen LogP contribution in [0.4, 0.5) is 0 Å². The van der Waals surface area contributed by atoms with Gasteiger partial charge in [0.15, 0.2) is 6.10 Å². The summed E-state index contributed by atoms with van der Waals surface area (Å²) in [6.45, 7) is 6.13. The van der Waals surface area contributed by atoms with Crippen LogP contribution >= 0.6 is 0 Å². The van der Waals surface area contributed by atoms with Crippen molar-refractivity contribution in [3.05, 3.63) is 72.9 Å². The van der Waals surface area contributed by atoms with Crippen molar-refractivity contribution in [1.82, 2.24) is 0 Å². The lowest BCUT2D eigenvalue weighted by molar-refractivity contribution is -0.161. The van der Waals surface area contributed by atoms with Gasteiger partial charge < -0.3 is 24.8 Å². The maximum Gasteiger partial charge on any atom is 0.306 e. The minimum Gasteiger partial charge on any atom is -0.462 e. The van der Waals surface area contributed by atoms with E-state index in [-0.39, 0.29) is 25.6 Å². The summed E-state index contributed by atoms with van der Waals surface area (Å²) in [6.07, 6.45) is 38.9. The fourth-order valence-electron chi connectivity index (χ4n) is 4.91. The number of allylic oxidation sites excluding steroid dienone is 8. The van der Waals surface area contributed by atoms with Crippen LogP contribution in [0.3, 0.4) is 0 Å². The summed E-state index contributed by atoms with van der Waals surface area (Å²) in [5, 5.41) is 29.4. The first-order valence-corrected chi connectivity index (χ1v) is 19.1. The molecule has 3 N–H and O–H groups in total. The van der Waals surface area contributed by atoms with Gasteiger partial charge in [-0.3, -0.25) is 9.59 Å². The van der Waals surface area contributed by atoms with E-state index >= 15 is 0 Å². The summed E-state index contributed by atoms with van der Waals surface area (Å²) in [7, 11) is 0. The standard InChI is InChI=1S/C42H70O7/c1-4-6-21-29-38(44)31-24-19-20-25-32-39(45)30-23-16-13-14-17-26-33-41(46)48-36-40(35-43)49-42(47)34-27-18-12-10-8-7-9-11-15-22-28-37(3)5-2/h6,14,16-17,19-21,23-25,31-32,37-40,43-45H,4-5,7-13,15,18,22,26-30,33-36H2,1-3H3/b17-14-,20-19-,21-6-,23-16-,31-24+,32-25+/t37?,38-,39+,40+/m1/s1. The smallest absolute Gasteiger partial charge is 0.306 e. The SMILES string of the molecule is CC/C=C\C[C@@H](O)/C=C/C=C\C=C\[C@@H](O)C/C=C\C/C=C\CCC(=O)OC[C@H](CO)OC(=O)CCCCCCCCCCCCC(C)CC. The number of aliphatic hydroxyl groups excluding tert-OH is 3. The molecule has 49 heavy (non-hydrogen) atoms. The normalized spacial score (nSPS) is 15.0. The summed E-state index contributed by atoms with van der Waals surface area (Å²) in [5.74, 6) is 0.0975. The van der Waals surface area contributed by atoms with E-state index in [0.29, 0.717) is 32.1 Å². The molecule has 0 saturated carbocycles. The Balaban J connectivity index is 3.87. The van der Waals surface area contributed by atoms with Crippen molar-refractivity contribution in [2.45, 2.75) is 161 Å². The Morgan fingerprint density at radius 1 is 0.653 bits per heavy atom. The Morgan fingerprint density at radius 3 is 1.78 bits per heavy atom. The highest BCUT2D eigenvalue weighted by molar-refractivity contribution is 5.70. The summed E-state index contributed by atoms with van der Waals surface area (Å²) >= 11 is 0. The molecule has 7 heteroatoms. The Hall–Kier alpha value is -2.74. The first-order chi connectivity index (χ1) is 23.8. The lowest BCUT2D eigenvalue weighted by Gasteiger charge is -2.15. The molecule has 0 aliphatic heterocycles. The maximum atomic E-state index is 12.1. The third-order valence-electron chi connectivity index (χ3n) is 8.23. The molecule has 0 aliphatic rings. The first kappa shape index (κ1) is 46.3. The van der Waals surface area contributed by atoms with Crippen molar-refractivity contribution in [3.63, 3.8) is 0 Å². The van der Waals surface area contributed by atoms with Gasteiger partial charge in [-0.15, -0.1) is 0 Å². The molecule has 0 radical (unpaired) electrons. The molecule has 0 heterocycles. The number of ether oxygens (including phenoxy) is 2. The molecule has 0 aromatic heterocycles. The van der Waals surface area contributed by atoms with Gasteiger partial charge >= 0.3 is 11.9 Å². The maximum absolute atomic E-state index is 12.1. The van der Waals surface area contributed by atoms with Gasteiger partial charge in [-0.2, -0.15) is 0 Å².